The summed E-state index contributed by atoms with van der Waals surface area (Å²) in [6.45, 7) is -0.523. The molecule has 0 bridgehead atoms. The molecular weight excluding hydrogens is 411 g/mol. The van der Waals surface area contributed by atoms with E-state index in [2.05, 4.69) is 19.7 Å². The lowest BCUT2D eigenvalue weighted by molar-refractivity contribution is 0.360. The first kappa shape index (κ1) is 20.2. The molecule has 1 aromatic carbocycles. The highest BCUT2D eigenvalue weighted by Gasteiger charge is 2.23. The molecule has 0 spiro atoms. The van der Waals surface area contributed by atoms with Gasteiger partial charge in [0.05, 0.1) is 26.5 Å². The molecule has 8 nitrogen and oxygen atoms in total. The standard InChI is InChI=1S/C17H18ClFN4O4S/c1-26-15-12(4-3-7-19)16(27-2)22-17(21-15)23-28(24,25)14-9-20-13-8-10(18)5-6-11(13)14/h5-6,8-9,20H,3-4,7H2,1-2H3,(H,21,22,23). The number of methoxy groups -OCH3 is 2. The number of hydrogen-bond donors (Lipinski definition) is 2. The number of anilines is 1. The van der Waals surface area contributed by atoms with Gasteiger partial charge in [0.15, 0.2) is 0 Å². The lowest BCUT2D eigenvalue weighted by Crippen LogP contribution is -2.16. The predicted molar refractivity (Wildman–Crippen MR) is 104 cm³/mol. The summed E-state index contributed by atoms with van der Waals surface area (Å²) in [6.07, 6.45) is 1.88. The van der Waals surface area contributed by atoms with Crippen molar-refractivity contribution in [3.05, 3.63) is 35.0 Å². The van der Waals surface area contributed by atoms with Crippen molar-refractivity contribution in [2.45, 2.75) is 17.7 Å². The maximum atomic E-state index is 12.8. The van der Waals surface area contributed by atoms with Crippen molar-refractivity contribution in [1.82, 2.24) is 15.0 Å². The maximum absolute atomic E-state index is 12.8. The number of benzene rings is 1. The third-order valence-corrected chi connectivity index (χ3v) is 5.60. The van der Waals surface area contributed by atoms with E-state index in [1.54, 1.807) is 18.2 Å². The molecule has 2 aromatic heterocycles. The molecule has 0 aliphatic heterocycles. The van der Waals surface area contributed by atoms with Crippen LogP contribution in [0.1, 0.15) is 12.0 Å². The van der Waals surface area contributed by atoms with Crippen molar-refractivity contribution in [2.24, 2.45) is 0 Å². The molecular formula is C17H18ClFN4O4S. The van der Waals surface area contributed by atoms with Crippen LogP contribution in [-0.2, 0) is 16.4 Å². The van der Waals surface area contributed by atoms with Crippen LogP contribution in [0, 0.1) is 0 Å². The van der Waals surface area contributed by atoms with Crippen molar-refractivity contribution >= 4 is 38.5 Å². The summed E-state index contributed by atoms with van der Waals surface area (Å²) < 4.78 is 51.0. The number of rotatable bonds is 8. The van der Waals surface area contributed by atoms with E-state index in [0.717, 1.165) is 0 Å². The summed E-state index contributed by atoms with van der Waals surface area (Å²) in [6, 6.07) is 4.82. The Morgan fingerprint density at radius 1 is 1.21 bits per heavy atom. The van der Waals surface area contributed by atoms with E-state index in [1.165, 1.54) is 20.4 Å². The second-order valence-corrected chi connectivity index (χ2v) is 7.87. The zero-order valence-corrected chi connectivity index (χ0v) is 16.7. The van der Waals surface area contributed by atoms with Gasteiger partial charge in [0.2, 0.25) is 17.7 Å². The molecule has 0 atom stereocenters. The first-order chi connectivity index (χ1) is 13.4. The normalized spacial score (nSPS) is 11.6. The molecule has 2 heterocycles. The number of aromatic nitrogens is 3. The number of aromatic amines is 1. The summed E-state index contributed by atoms with van der Waals surface area (Å²) in [7, 11) is -1.25. The Labute approximate surface area is 166 Å². The Balaban J connectivity index is 1.99. The van der Waals surface area contributed by atoms with Crippen LogP contribution in [0.4, 0.5) is 10.3 Å². The largest absolute Gasteiger partial charge is 0.481 e. The summed E-state index contributed by atoms with van der Waals surface area (Å²) in [5.74, 6) is 0.00780. The number of fused-ring (bicyclic) bond motifs is 1. The van der Waals surface area contributed by atoms with Gasteiger partial charge in [0, 0.05) is 22.1 Å². The molecule has 0 radical (unpaired) electrons. The monoisotopic (exact) mass is 428 g/mol. The van der Waals surface area contributed by atoms with Crippen LogP contribution < -0.4 is 14.2 Å². The number of sulfonamides is 1. The molecule has 3 aromatic rings. The zero-order valence-electron chi connectivity index (χ0n) is 15.1. The van der Waals surface area contributed by atoms with E-state index in [9.17, 15) is 12.8 Å². The molecule has 28 heavy (non-hydrogen) atoms. The number of nitrogens with zero attached hydrogens (tertiary/aromatic N) is 2. The zero-order chi connectivity index (χ0) is 20.3. The highest BCUT2D eigenvalue weighted by molar-refractivity contribution is 7.93. The highest BCUT2D eigenvalue weighted by Crippen LogP contribution is 2.30. The summed E-state index contributed by atoms with van der Waals surface area (Å²) >= 11 is 5.93. The van der Waals surface area contributed by atoms with E-state index >= 15 is 0 Å². The lowest BCUT2D eigenvalue weighted by Gasteiger charge is -2.13. The minimum atomic E-state index is -4.01. The Morgan fingerprint density at radius 2 is 1.89 bits per heavy atom. The van der Waals surface area contributed by atoms with E-state index in [4.69, 9.17) is 21.1 Å². The summed E-state index contributed by atoms with van der Waals surface area (Å²) in [5.41, 5.74) is 1.04. The summed E-state index contributed by atoms with van der Waals surface area (Å²) in [4.78, 5) is 11.1. The van der Waals surface area contributed by atoms with E-state index in [-0.39, 0.29) is 29.0 Å². The Morgan fingerprint density at radius 3 is 2.50 bits per heavy atom. The molecule has 0 saturated heterocycles. The second-order valence-electron chi connectivity index (χ2n) is 5.79. The van der Waals surface area contributed by atoms with Crippen molar-refractivity contribution in [2.75, 3.05) is 25.6 Å². The molecule has 0 amide bonds. The average molecular weight is 429 g/mol. The number of ether oxygens (including phenoxy) is 2. The van der Waals surface area contributed by atoms with Crippen molar-refractivity contribution < 1.29 is 22.3 Å². The first-order valence-electron chi connectivity index (χ1n) is 8.24. The quantitative estimate of drug-likeness (QED) is 0.570. The average Bonchev–Trinajstić information content (AvgIpc) is 3.09. The summed E-state index contributed by atoms with van der Waals surface area (Å²) in [5, 5.41) is 0.948. The Bertz CT molecular complexity index is 1080. The third kappa shape index (κ3) is 3.97. The van der Waals surface area contributed by atoms with Gasteiger partial charge in [0.25, 0.3) is 10.0 Å². The van der Waals surface area contributed by atoms with Crippen LogP contribution >= 0.6 is 11.6 Å². The molecule has 0 saturated carbocycles. The molecule has 0 unspecified atom stereocenters. The van der Waals surface area contributed by atoms with Crippen LogP contribution in [0.15, 0.2) is 29.3 Å². The molecule has 3 rings (SSSR count). The predicted octanol–water partition coefficient (Wildman–Crippen LogP) is 3.33. The van der Waals surface area contributed by atoms with Crippen LogP contribution in [0.25, 0.3) is 10.9 Å². The first-order valence-corrected chi connectivity index (χ1v) is 10.1. The third-order valence-electron chi connectivity index (χ3n) is 4.00. The van der Waals surface area contributed by atoms with Gasteiger partial charge in [-0.25, -0.2) is 13.1 Å². The fourth-order valence-electron chi connectivity index (χ4n) is 2.75. The van der Waals surface area contributed by atoms with E-state index < -0.39 is 16.7 Å². The number of hydrogen-bond acceptors (Lipinski definition) is 6. The van der Waals surface area contributed by atoms with Crippen molar-refractivity contribution in [1.29, 1.82) is 0 Å². The number of halogens is 2. The second kappa shape index (κ2) is 8.19. The van der Waals surface area contributed by atoms with Crippen LogP contribution in [0.3, 0.4) is 0 Å². The highest BCUT2D eigenvalue weighted by atomic mass is 35.5. The maximum Gasteiger partial charge on any atom is 0.266 e. The van der Waals surface area contributed by atoms with Gasteiger partial charge in [-0.3, -0.25) is 4.39 Å². The number of nitrogens with one attached hydrogen (secondary N) is 2. The van der Waals surface area contributed by atoms with Crippen molar-refractivity contribution in [3.63, 3.8) is 0 Å². The van der Waals surface area contributed by atoms with E-state index in [0.29, 0.717) is 27.9 Å². The SMILES string of the molecule is COc1nc(NS(=O)(=O)c2c[nH]c3cc(Cl)ccc23)nc(OC)c1CCCF. The van der Waals surface area contributed by atoms with Gasteiger partial charge in [-0.15, -0.1) is 0 Å². The molecule has 0 aliphatic carbocycles. The number of alkyl halides is 1. The van der Waals surface area contributed by atoms with Gasteiger partial charge in [-0.2, -0.15) is 9.97 Å². The lowest BCUT2D eigenvalue weighted by atomic mass is 10.2. The minimum absolute atomic E-state index is 0.0159. The minimum Gasteiger partial charge on any atom is -0.481 e. The van der Waals surface area contributed by atoms with Gasteiger partial charge < -0.3 is 14.5 Å². The van der Waals surface area contributed by atoms with Crippen molar-refractivity contribution in [3.8, 4) is 11.8 Å². The van der Waals surface area contributed by atoms with Crippen LogP contribution in [0.5, 0.6) is 11.8 Å². The molecule has 0 aliphatic rings. The Kier molecular flexibility index (Phi) is 5.90. The topological polar surface area (TPSA) is 106 Å². The van der Waals surface area contributed by atoms with Gasteiger partial charge in [-0.05, 0) is 31.0 Å². The van der Waals surface area contributed by atoms with Gasteiger partial charge in [-0.1, -0.05) is 11.6 Å². The fraction of sp³-hybridized carbons (Fsp3) is 0.294. The fourth-order valence-corrected chi connectivity index (χ4v) is 4.05. The van der Waals surface area contributed by atoms with Gasteiger partial charge in [0.1, 0.15) is 4.90 Å². The van der Waals surface area contributed by atoms with Crippen LogP contribution in [0.2, 0.25) is 5.02 Å². The smallest absolute Gasteiger partial charge is 0.266 e. The number of H-pyrrole nitrogens is 1. The molecule has 11 heteroatoms. The molecule has 150 valence electrons. The molecule has 2 N–H and O–H groups in total. The Hall–Kier alpha value is -2.59. The van der Waals surface area contributed by atoms with Crippen LogP contribution in [-0.4, -0.2) is 44.3 Å². The van der Waals surface area contributed by atoms with Gasteiger partial charge >= 0.3 is 0 Å². The van der Waals surface area contributed by atoms with E-state index in [1.807, 2.05) is 0 Å². The molecule has 0 fully saturated rings.